The van der Waals surface area contributed by atoms with E-state index in [1.165, 1.54) is 23.4 Å². The third-order valence-corrected chi connectivity index (χ3v) is 6.51. The van der Waals surface area contributed by atoms with Gasteiger partial charge in [0.25, 0.3) is 0 Å². The van der Waals surface area contributed by atoms with Crippen molar-refractivity contribution in [3.05, 3.63) is 45.4 Å². The van der Waals surface area contributed by atoms with E-state index in [1.54, 1.807) is 16.2 Å². The number of carbonyl (C=O) groups excluding carboxylic acids is 2. The second-order valence-corrected chi connectivity index (χ2v) is 8.59. The normalized spacial score (nSPS) is 16.5. The van der Waals surface area contributed by atoms with E-state index in [1.807, 2.05) is 36.2 Å². The van der Waals surface area contributed by atoms with Gasteiger partial charge in [0.1, 0.15) is 5.01 Å². The van der Waals surface area contributed by atoms with Gasteiger partial charge in [-0.3, -0.25) is 9.59 Å². The molecule has 0 atom stereocenters. The molecule has 27 heavy (non-hydrogen) atoms. The number of rotatable bonds is 5. The fraction of sp³-hybridized carbons (Fsp3) is 0.476. The molecule has 2 aromatic rings. The fourth-order valence-electron chi connectivity index (χ4n) is 3.79. The summed E-state index contributed by atoms with van der Waals surface area (Å²) in [5.74, 6) is 0.276. The average Bonchev–Trinajstić information content (AvgIpc) is 3.27. The molecule has 2 heterocycles. The number of nitrogens with zero attached hydrogens (tertiary/aromatic N) is 3. The van der Waals surface area contributed by atoms with Gasteiger partial charge in [-0.05, 0) is 49.8 Å². The molecular weight excluding hydrogens is 358 g/mol. The topological polar surface area (TPSA) is 53.5 Å². The van der Waals surface area contributed by atoms with Crippen molar-refractivity contribution in [1.82, 2.24) is 9.88 Å². The highest BCUT2D eigenvalue weighted by atomic mass is 32.1. The zero-order valence-corrected chi connectivity index (χ0v) is 16.6. The van der Waals surface area contributed by atoms with Crippen LogP contribution in [0.3, 0.4) is 0 Å². The number of benzene rings is 1. The van der Waals surface area contributed by atoms with Crippen LogP contribution >= 0.6 is 11.3 Å². The minimum Gasteiger partial charge on any atom is -0.339 e. The van der Waals surface area contributed by atoms with E-state index in [2.05, 4.69) is 0 Å². The minimum atomic E-state index is 0.0909. The standard InChI is InChI=1S/C21H25N3O2S/c1-23(14-19-22-17-5-2-3-6-18(17)27-19)21(26)13-15-8-10-16(11-9-15)24-12-4-7-20(24)25/h8-11H,2-7,12-14H2,1H3. The molecule has 1 aromatic carbocycles. The number of aryl methyl sites for hydroxylation is 2. The van der Waals surface area contributed by atoms with Crippen LogP contribution in [0.15, 0.2) is 24.3 Å². The summed E-state index contributed by atoms with van der Waals surface area (Å²) in [5, 5.41) is 1.04. The Labute approximate surface area is 164 Å². The Morgan fingerprint density at radius 2 is 1.93 bits per heavy atom. The Balaban J connectivity index is 1.35. The lowest BCUT2D eigenvalue weighted by molar-refractivity contribution is -0.129. The van der Waals surface area contributed by atoms with Crippen molar-refractivity contribution >= 4 is 28.8 Å². The smallest absolute Gasteiger partial charge is 0.227 e. The highest BCUT2D eigenvalue weighted by molar-refractivity contribution is 7.11. The Bertz CT molecular complexity index is 820. The average molecular weight is 384 g/mol. The molecule has 0 bridgehead atoms. The molecule has 6 heteroatoms. The molecule has 0 radical (unpaired) electrons. The quantitative estimate of drug-likeness (QED) is 0.796. The first-order valence-corrected chi connectivity index (χ1v) is 10.5. The van der Waals surface area contributed by atoms with Crippen LogP contribution in [0.25, 0.3) is 0 Å². The highest BCUT2D eigenvalue weighted by Crippen LogP contribution is 2.27. The van der Waals surface area contributed by atoms with Gasteiger partial charge in [0, 0.05) is 30.6 Å². The lowest BCUT2D eigenvalue weighted by atomic mass is 10.0. The van der Waals surface area contributed by atoms with Crippen molar-refractivity contribution < 1.29 is 9.59 Å². The van der Waals surface area contributed by atoms with Gasteiger partial charge in [-0.2, -0.15) is 0 Å². The van der Waals surface area contributed by atoms with Crippen LogP contribution in [0.2, 0.25) is 0 Å². The summed E-state index contributed by atoms with van der Waals surface area (Å²) in [6.45, 7) is 1.37. The van der Waals surface area contributed by atoms with Gasteiger partial charge in [-0.15, -0.1) is 11.3 Å². The van der Waals surface area contributed by atoms with E-state index in [-0.39, 0.29) is 11.8 Å². The Morgan fingerprint density at radius 1 is 1.15 bits per heavy atom. The molecule has 0 saturated carbocycles. The number of fused-ring (bicyclic) bond motifs is 1. The van der Waals surface area contributed by atoms with Gasteiger partial charge in [0.05, 0.1) is 18.7 Å². The molecule has 2 aliphatic rings. The molecule has 1 fully saturated rings. The molecule has 1 saturated heterocycles. The predicted molar refractivity (Wildman–Crippen MR) is 107 cm³/mol. The summed E-state index contributed by atoms with van der Waals surface area (Å²) < 4.78 is 0. The maximum Gasteiger partial charge on any atom is 0.227 e. The molecule has 4 rings (SSSR count). The van der Waals surface area contributed by atoms with Crippen LogP contribution in [0.5, 0.6) is 0 Å². The molecular formula is C21H25N3O2S. The number of likely N-dealkylation sites (N-methyl/N-ethyl adjacent to an activating group) is 1. The zero-order valence-electron chi connectivity index (χ0n) is 15.7. The number of amides is 2. The van der Waals surface area contributed by atoms with Crippen LogP contribution in [-0.2, 0) is 35.4 Å². The van der Waals surface area contributed by atoms with Gasteiger partial charge in [-0.1, -0.05) is 12.1 Å². The number of thiazole rings is 1. The summed E-state index contributed by atoms with van der Waals surface area (Å²) in [5.41, 5.74) is 3.14. The predicted octanol–water partition coefficient (Wildman–Crippen LogP) is 3.35. The van der Waals surface area contributed by atoms with Gasteiger partial charge < -0.3 is 9.80 Å². The van der Waals surface area contributed by atoms with E-state index in [9.17, 15) is 9.59 Å². The maximum absolute atomic E-state index is 12.6. The summed E-state index contributed by atoms with van der Waals surface area (Å²) >= 11 is 1.76. The highest BCUT2D eigenvalue weighted by Gasteiger charge is 2.22. The van der Waals surface area contributed by atoms with Gasteiger partial charge >= 0.3 is 0 Å². The number of hydrogen-bond acceptors (Lipinski definition) is 4. The number of anilines is 1. The van der Waals surface area contributed by atoms with E-state index in [0.29, 0.717) is 19.4 Å². The first-order chi connectivity index (χ1) is 13.1. The molecule has 1 aromatic heterocycles. The molecule has 142 valence electrons. The first-order valence-electron chi connectivity index (χ1n) is 9.71. The minimum absolute atomic E-state index is 0.0909. The molecule has 0 unspecified atom stereocenters. The second kappa shape index (κ2) is 7.80. The third-order valence-electron chi connectivity index (χ3n) is 5.36. The molecule has 1 aliphatic carbocycles. The number of hydrogen-bond donors (Lipinski definition) is 0. The van der Waals surface area contributed by atoms with Crippen LogP contribution < -0.4 is 4.90 Å². The number of aromatic nitrogens is 1. The molecule has 0 N–H and O–H groups in total. The van der Waals surface area contributed by atoms with E-state index < -0.39 is 0 Å². The summed E-state index contributed by atoms with van der Waals surface area (Å²) in [7, 11) is 1.85. The van der Waals surface area contributed by atoms with Crippen molar-refractivity contribution in [2.45, 2.75) is 51.5 Å². The third kappa shape index (κ3) is 4.05. The number of carbonyl (C=O) groups is 2. The molecule has 5 nitrogen and oxygen atoms in total. The Morgan fingerprint density at radius 3 is 2.63 bits per heavy atom. The SMILES string of the molecule is CN(Cc1nc2c(s1)CCCC2)C(=O)Cc1ccc(N2CCCC2=O)cc1. The summed E-state index contributed by atoms with van der Waals surface area (Å²) in [6, 6.07) is 7.80. The van der Waals surface area contributed by atoms with E-state index in [0.717, 1.165) is 42.1 Å². The Kier molecular flexibility index (Phi) is 5.25. The lowest BCUT2D eigenvalue weighted by Gasteiger charge is -2.17. The van der Waals surface area contributed by atoms with Gasteiger partial charge in [-0.25, -0.2) is 4.98 Å². The van der Waals surface area contributed by atoms with E-state index in [4.69, 9.17) is 4.98 Å². The fourth-order valence-corrected chi connectivity index (χ4v) is 5.00. The van der Waals surface area contributed by atoms with Crippen molar-refractivity contribution in [2.24, 2.45) is 0 Å². The zero-order chi connectivity index (χ0) is 18.8. The van der Waals surface area contributed by atoms with Crippen LogP contribution in [-0.4, -0.2) is 35.3 Å². The largest absolute Gasteiger partial charge is 0.339 e. The van der Waals surface area contributed by atoms with E-state index >= 15 is 0 Å². The van der Waals surface area contributed by atoms with Crippen molar-refractivity contribution in [3.8, 4) is 0 Å². The molecule has 2 amide bonds. The summed E-state index contributed by atoms with van der Waals surface area (Å²) in [6.07, 6.45) is 6.61. The summed E-state index contributed by atoms with van der Waals surface area (Å²) in [4.78, 5) is 34.1. The van der Waals surface area contributed by atoms with Crippen LogP contribution in [0.1, 0.15) is 46.8 Å². The van der Waals surface area contributed by atoms with Crippen LogP contribution in [0.4, 0.5) is 5.69 Å². The Hall–Kier alpha value is -2.21. The van der Waals surface area contributed by atoms with Crippen molar-refractivity contribution in [3.63, 3.8) is 0 Å². The monoisotopic (exact) mass is 383 g/mol. The first kappa shape index (κ1) is 18.2. The molecule has 1 aliphatic heterocycles. The van der Waals surface area contributed by atoms with Crippen molar-refractivity contribution in [1.29, 1.82) is 0 Å². The lowest BCUT2D eigenvalue weighted by Crippen LogP contribution is -2.27. The maximum atomic E-state index is 12.6. The molecule has 0 spiro atoms. The van der Waals surface area contributed by atoms with Crippen molar-refractivity contribution in [2.75, 3.05) is 18.5 Å². The van der Waals surface area contributed by atoms with Gasteiger partial charge in [0.15, 0.2) is 0 Å². The van der Waals surface area contributed by atoms with Crippen LogP contribution in [0, 0.1) is 0 Å². The second-order valence-electron chi connectivity index (χ2n) is 7.43. The van der Waals surface area contributed by atoms with Gasteiger partial charge in [0.2, 0.25) is 11.8 Å².